The van der Waals surface area contributed by atoms with Gasteiger partial charge < -0.3 is 4.42 Å². The maximum Gasteiger partial charge on any atom is 0.348 e. The number of aryl methyl sites for hydroxylation is 1. The zero-order valence-electron chi connectivity index (χ0n) is 8.59. The van der Waals surface area contributed by atoms with Crippen molar-refractivity contribution >= 4 is 16.8 Å². The average molecular weight is 229 g/mol. The van der Waals surface area contributed by atoms with Gasteiger partial charge in [0.05, 0.1) is 0 Å². The van der Waals surface area contributed by atoms with Gasteiger partial charge in [-0.25, -0.2) is 4.79 Å². The summed E-state index contributed by atoms with van der Waals surface area (Å²) in [6.45, 7) is 2.10. The largest absolute Gasteiger partial charge is 0.427 e. The van der Waals surface area contributed by atoms with Crippen molar-refractivity contribution in [2.45, 2.75) is 32.6 Å². The molecule has 0 N–H and O–H groups in total. The Bertz CT molecular complexity index is 395. The first-order chi connectivity index (χ1) is 7.15. The Hall–Kier alpha value is -1.09. The van der Waals surface area contributed by atoms with Gasteiger partial charge in [0.1, 0.15) is 11.3 Å². The van der Waals surface area contributed by atoms with Crippen LogP contribution in [-0.2, 0) is 6.42 Å². The fourth-order valence-corrected chi connectivity index (χ4v) is 1.42. The minimum Gasteiger partial charge on any atom is -0.427 e. The second-order valence-corrected chi connectivity index (χ2v) is 3.68. The molecule has 1 heterocycles. The molecule has 4 heteroatoms. The highest BCUT2D eigenvalue weighted by Crippen LogP contribution is 2.06. The maximum absolute atomic E-state index is 11.2. The summed E-state index contributed by atoms with van der Waals surface area (Å²) in [5.41, 5.74) is -0.750. The van der Waals surface area contributed by atoms with Crippen LogP contribution >= 0.6 is 11.6 Å². The van der Waals surface area contributed by atoms with Crippen molar-refractivity contribution in [1.29, 1.82) is 0 Å². The highest BCUT2D eigenvalue weighted by Gasteiger charge is 2.09. The van der Waals surface area contributed by atoms with Crippen LogP contribution in [0.15, 0.2) is 21.3 Å². The molecule has 3 nitrogen and oxygen atoms in total. The first kappa shape index (κ1) is 12.0. The van der Waals surface area contributed by atoms with Gasteiger partial charge in [0.15, 0.2) is 0 Å². The quantitative estimate of drug-likeness (QED) is 0.575. The summed E-state index contributed by atoms with van der Waals surface area (Å²) < 4.78 is 4.96. The van der Waals surface area contributed by atoms with E-state index in [0.717, 1.165) is 25.7 Å². The summed E-state index contributed by atoms with van der Waals surface area (Å²) in [5.74, 6) is 0.607. The number of rotatable bonds is 5. The first-order valence-corrected chi connectivity index (χ1v) is 5.35. The lowest BCUT2D eigenvalue weighted by Gasteiger charge is -1.99. The van der Waals surface area contributed by atoms with E-state index in [0.29, 0.717) is 5.76 Å². The predicted molar refractivity (Wildman–Crippen MR) is 58.4 cm³/mol. The van der Waals surface area contributed by atoms with Gasteiger partial charge in [-0.3, -0.25) is 4.79 Å². The van der Waals surface area contributed by atoms with Gasteiger partial charge in [0, 0.05) is 6.42 Å². The Labute approximate surface area is 93.1 Å². The predicted octanol–water partition coefficient (Wildman–Crippen LogP) is 2.75. The zero-order valence-corrected chi connectivity index (χ0v) is 9.34. The number of carbonyl (C=O) groups excluding carboxylic acids is 1. The Balaban J connectivity index is 2.74. The summed E-state index contributed by atoms with van der Waals surface area (Å²) in [7, 11) is 0. The third-order valence-electron chi connectivity index (χ3n) is 2.12. The minimum atomic E-state index is -0.774. The average Bonchev–Trinajstić information content (AvgIpc) is 2.17. The molecule has 0 unspecified atom stereocenters. The van der Waals surface area contributed by atoms with E-state index in [4.69, 9.17) is 16.0 Å². The first-order valence-electron chi connectivity index (χ1n) is 4.98. The fraction of sp³-hybridized carbons (Fsp3) is 0.455. The van der Waals surface area contributed by atoms with Crippen molar-refractivity contribution in [2.24, 2.45) is 0 Å². The topological polar surface area (TPSA) is 47.3 Å². The molecule has 0 saturated heterocycles. The van der Waals surface area contributed by atoms with Gasteiger partial charge in [-0.15, -0.1) is 0 Å². The van der Waals surface area contributed by atoms with Crippen molar-refractivity contribution in [2.75, 3.05) is 0 Å². The minimum absolute atomic E-state index is 0.101. The van der Waals surface area contributed by atoms with Crippen LogP contribution in [-0.4, -0.2) is 5.24 Å². The smallest absolute Gasteiger partial charge is 0.348 e. The van der Waals surface area contributed by atoms with E-state index in [1.54, 1.807) is 6.07 Å². The number of hydrogen-bond acceptors (Lipinski definition) is 3. The normalized spacial score (nSPS) is 10.3. The van der Waals surface area contributed by atoms with Crippen molar-refractivity contribution in [3.05, 3.63) is 33.9 Å². The molecule has 0 radical (unpaired) electrons. The van der Waals surface area contributed by atoms with Gasteiger partial charge >= 0.3 is 5.63 Å². The molecular formula is C11H13ClO3. The van der Waals surface area contributed by atoms with Crippen LogP contribution < -0.4 is 5.63 Å². The molecular weight excluding hydrogens is 216 g/mol. The Morgan fingerprint density at radius 2 is 2.13 bits per heavy atom. The van der Waals surface area contributed by atoms with Crippen molar-refractivity contribution < 1.29 is 9.21 Å². The molecule has 1 aromatic heterocycles. The van der Waals surface area contributed by atoms with E-state index in [1.165, 1.54) is 6.07 Å². The summed E-state index contributed by atoms with van der Waals surface area (Å²) in [6.07, 6.45) is 3.91. The molecule has 0 aliphatic heterocycles. The van der Waals surface area contributed by atoms with E-state index in [9.17, 15) is 9.59 Å². The Morgan fingerprint density at radius 1 is 1.40 bits per heavy atom. The van der Waals surface area contributed by atoms with Crippen molar-refractivity contribution in [3.8, 4) is 0 Å². The summed E-state index contributed by atoms with van der Waals surface area (Å²) >= 11 is 5.19. The van der Waals surface area contributed by atoms with Gasteiger partial charge in [-0.05, 0) is 30.2 Å². The lowest BCUT2D eigenvalue weighted by molar-refractivity contribution is 0.107. The summed E-state index contributed by atoms with van der Waals surface area (Å²) in [5, 5.41) is -0.774. The van der Waals surface area contributed by atoms with E-state index >= 15 is 0 Å². The fourth-order valence-electron chi connectivity index (χ4n) is 1.28. The second kappa shape index (κ2) is 5.71. The van der Waals surface area contributed by atoms with Crippen molar-refractivity contribution in [1.82, 2.24) is 0 Å². The number of halogens is 1. The molecule has 0 spiro atoms. The summed E-state index contributed by atoms with van der Waals surface area (Å²) in [6, 6.07) is 3.05. The second-order valence-electron chi connectivity index (χ2n) is 3.33. The zero-order chi connectivity index (χ0) is 11.3. The Morgan fingerprint density at radius 3 is 2.67 bits per heavy atom. The van der Waals surface area contributed by atoms with E-state index < -0.39 is 10.9 Å². The van der Waals surface area contributed by atoms with Gasteiger partial charge in [-0.1, -0.05) is 19.8 Å². The Kier molecular flexibility index (Phi) is 4.56. The van der Waals surface area contributed by atoms with Crippen LogP contribution in [0.5, 0.6) is 0 Å². The number of unbranched alkanes of at least 4 members (excludes halogenated alkanes) is 2. The molecule has 1 aromatic rings. The van der Waals surface area contributed by atoms with E-state index in [2.05, 4.69) is 6.92 Å². The SMILES string of the molecule is CCCCCc1ccc(C(=O)Cl)c(=O)o1. The molecule has 0 aromatic carbocycles. The molecule has 0 amide bonds. The standard InChI is InChI=1S/C11H13ClO3/c1-2-3-4-5-8-6-7-9(10(12)13)11(14)15-8/h6-7H,2-5H2,1H3. The number of carbonyl (C=O) groups is 1. The lowest BCUT2D eigenvalue weighted by atomic mass is 10.1. The third-order valence-corrected chi connectivity index (χ3v) is 2.32. The van der Waals surface area contributed by atoms with Crippen LogP contribution in [0, 0.1) is 0 Å². The molecule has 1 rings (SSSR count). The van der Waals surface area contributed by atoms with Crippen LogP contribution in [0.3, 0.4) is 0 Å². The molecule has 0 aliphatic rings. The molecule has 0 aliphatic carbocycles. The molecule has 0 fully saturated rings. The van der Waals surface area contributed by atoms with Crippen LogP contribution in [0.2, 0.25) is 0 Å². The lowest BCUT2D eigenvalue weighted by Crippen LogP contribution is -2.10. The van der Waals surface area contributed by atoms with Gasteiger partial charge in [-0.2, -0.15) is 0 Å². The molecule has 0 bridgehead atoms. The molecule has 0 saturated carbocycles. The van der Waals surface area contributed by atoms with Crippen LogP contribution in [0.4, 0.5) is 0 Å². The maximum atomic E-state index is 11.2. The summed E-state index contributed by atoms with van der Waals surface area (Å²) in [4.78, 5) is 22.0. The third kappa shape index (κ3) is 3.51. The van der Waals surface area contributed by atoms with Crippen LogP contribution in [0.25, 0.3) is 0 Å². The molecule has 15 heavy (non-hydrogen) atoms. The van der Waals surface area contributed by atoms with E-state index in [1.807, 2.05) is 0 Å². The van der Waals surface area contributed by atoms with E-state index in [-0.39, 0.29) is 5.56 Å². The molecule has 82 valence electrons. The highest BCUT2D eigenvalue weighted by molar-refractivity contribution is 6.67. The molecule has 0 atom stereocenters. The van der Waals surface area contributed by atoms with Crippen molar-refractivity contribution in [3.63, 3.8) is 0 Å². The van der Waals surface area contributed by atoms with Gasteiger partial charge in [0.2, 0.25) is 0 Å². The highest BCUT2D eigenvalue weighted by atomic mass is 35.5. The van der Waals surface area contributed by atoms with Crippen LogP contribution in [0.1, 0.15) is 42.3 Å². The monoisotopic (exact) mass is 228 g/mol. The number of hydrogen-bond donors (Lipinski definition) is 0. The van der Waals surface area contributed by atoms with Gasteiger partial charge in [0.25, 0.3) is 5.24 Å².